The van der Waals surface area contributed by atoms with E-state index in [-0.39, 0.29) is 0 Å². The quantitative estimate of drug-likeness (QED) is 0.321. The number of hydrogen-bond donors (Lipinski definition) is 0. The Kier molecular flexibility index (Phi) is 3.95. The maximum atomic E-state index is 4.77. The van der Waals surface area contributed by atoms with E-state index in [1.54, 1.807) is 0 Å². The summed E-state index contributed by atoms with van der Waals surface area (Å²) in [7, 11) is 0. The molecule has 0 unspecified atom stereocenters. The molecule has 0 aliphatic carbocycles. The van der Waals surface area contributed by atoms with Gasteiger partial charge in [-0.25, -0.2) is 0 Å². The van der Waals surface area contributed by atoms with E-state index in [0.29, 0.717) is 0 Å². The number of nitrogens with zero attached hydrogens (tertiary/aromatic N) is 1. The number of rotatable bonds is 2. The summed E-state index contributed by atoms with van der Waals surface area (Å²) in [5.41, 5.74) is 7.40. The predicted molar refractivity (Wildman–Crippen MR) is 120 cm³/mol. The third kappa shape index (κ3) is 2.68. The Labute approximate surface area is 165 Å². The van der Waals surface area contributed by atoms with Gasteiger partial charge in [-0.05, 0) is 70.5 Å². The van der Waals surface area contributed by atoms with Crippen molar-refractivity contribution in [3.05, 3.63) is 102 Å². The summed E-state index contributed by atoms with van der Waals surface area (Å²) in [5, 5.41) is 4.98. The number of aryl methyl sites for hydroxylation is 2. The molecule has 28 heavy (non-hydrogen) atoms. The average Bonchev–Trinajstić information content (AvgIpc) is 2.74. The van der Waals surface area contributed by atoms with Crippen LogP contribution in [0.4, 0.5) is 0 Å². The highest BCUT2D eigenvalue weighted by Gasteiger charge is 2.13. The number of pyridine rings is 1. The van der Waals surface area contributed by atoms with E-state index in [4.69, 9.17) is 4.98 Å². The average molecular weight is 359 g/mol. The minimum Gasteiger partial charge on any atom is -0.256 e. The molecule has 0 atom stereocenters. The molecule has 0 N–H and O–H groups in total. The second kappa shape index (κ2) is 6.61. The Hall–Kier alpha value is -3.45. The molecule has 134 valence electrons. The number of aromatic nitrogens is 1. The molecule has 0 fully saturated rings. The van der Waals surface area contributed by atoms with Gasteiger partial charge in [0.2, 0.25) is 0 Å². The van der Waals surface area contributed by atoms with Crippen LogP contribution in [0.5, 0.6) is 0 Å². The van der Waals surface area contributed by atoms with Gasteiger partial charge in [0.05, 0.1) is 5.69 Å². The minimum atomic E-state index is 1.05. The third-order valence-corrected chi connectivity index (χ3v) is 5.61. The molecule has 5 rings (SSSR count). The van der Waals surface area contributed by atoms with Gasteiger partial charge in [-0.3, -0.25) is 4.98 Å². The van der Waals surface area contributed by atoms with E-state index in [0.717, 1.165) is 11.3 Å². The molecule has 0 radical (unpaired) electrons. The molecule has 1 nitrogen and oxygen atoms in total. The zero-order valence-electron chi connectivity index (χ0n) is 16.1. The summed E-state index contributed by atoms with van der Waals surface area (Å²) < 4.78 is 0. The van der Waals surface area contributed by atoms with Crippen LogP contribution in [0.25, 0.3) is 43.9 Å². The molecule has 0 bridgehead atoms. The maximum Gasteiger partial charge on any atom is 0.0780 e. The SMILES string of the molecule is Cc1cc2c(-c3ccc4ccccc4c3)nccc2c(C)c1-c1ccccc1. The smallest absolute Gasteiger partial charge is 0.0780 e. The van der Waals surface area contributed by atoms with Gasteiger partial charge < -0.3 is 0 Å². The van der Waals surface area contributed by atoms with Crippen molar-refractivity contribution >= 4 is 21.5 Å². The van der Waals surface area contributed by atoms with Crippen LogP contribution >= 0.6 is 0 Å². The van der Waals surface area contributed by atoms with Crippen LogP contribution in [0.15, 0.2) is 91.1 Å². The summed E-state index contributed by atoms with van der Waals surface area (Å²) in [6.07, 6.45) is 1.93. The van der Waals surface area contributed by atoms with Gasteiger partial charge in [-0.2, -0.15) is 0 Å². The van der Waals surface area contributed by atoms with E-state index in [1.165, 1.54) is 43.8 Å². The molecule has 0 saturated heterocycles. The standard InChI is InChI=1S/C27H21N/c1-18-16-25-24(19(2)26(18)21-9-4-3-5-10-21)14-15-28-27(25)23-13-12-20-8-6-7-11-22(20)17-23/h3-17H,1-2H3. The number of hydrogen-bond acceptors (Lipinski definition) is 1. The van der Waals surface area contributed by atoms with Crippen LogP contribution in [0.1, 0.15) is 11.1 Å². The van der Waals surface area contributed by atoms with Gasteiger partial charge in [-0.1, -0.05) is 66.7 Å². The van der Waals surface area contributed by atoms with Gasteiger partial charge in [-0.15, -0.1) is 0 Å². The topological polar surface area (TPSA) is 12.9 Å². The minimum absolute atomic E-state index is 1.05. The lowest BCUT2D eigenvalue weighted by Crippen LogP contribution is -1.94. The van der Waals surface area contributed by atoms with Crippen LogP contribution in [0, 0.1) is 13.8 Å². The monoisotopic (exact) mass is 359 g/mol. The molecular weight excluding hydrogens is 338 g/mol. The first-order valence-electron chi connectivity index (χ1n) is 9.66. The first-order chi connectivity index (χ1) is 13.7. The molecule has 1 aromatic heterocycles. The Morgan fingerprint density at radius 2 is 1.36 bits per heavy atom. The van der Waals surface area contributed by atoms with E-state index in [9.17, 15) is 0 Å². The normalized spacial score (nSPS) is 11.2. The maximum absolute atomic E-state index is 4.77. The Morgan fingerprint density at radius 1 is 0.607 bits per heavy atom. The van der Waals surface area contributed by atoms with Crippen LogP contribution in [0.3, 0.4) is 0 Å². The first-order valence-corrected chi connectivity index (χ1v) is 9.66. The lowest BCUT2D eigenvalue weighted by molar-refractivity contribution is 1.34. The summed E-state index contributed by atoms with van der Waals surface area (Å²) >= 11 is 0. The zero-order chi connectivity index (χ0) is 19.1. The van der Waals surface area contributed by atoms with Gasteiger partial charge in [0.1, 0.15) is 0 Å². The van der Waals surface area contributed by atoms with Crippen molar-refractivity contribution in [1.29, 1.82) is 0 Å². The van der Waals surface area contributed by atoms with Crippen molar-refractivity contribution in [3.8, 4) is 22.4 Å². The summed E-state index contributed by atoms with van der Waals surface area (Å²) in [6.45, 7) is 4.42. The summed E-state index contributed by atoms with van der Waals surface area (Å²) in [4.78, 5) is 4.77. The van der Waals surface area contributed by atoms with E-state index in [2.05, 4.69) is 98.8 Å². The van der Waals surface area contributed by atoms with Gasteiger partial charge in [0.15, 0.2) is 0 Å². The second-order valence-corrected chi connectivity index (χ2v) is 7.38. The van der Waals surface area contributed by atoms with Gasteiger partial charge in [0.25, 0.3) is 0 Å². The molecule has 0 saturated carbocycles. The molecule has 0 aliphatic heterocycles. The Bertz CT molecular complexity index is 1320. The fourth-order valence-electron chi connectivity index (χ4n) is 4.28. The van der Waals surface area contributed by atoms with Crippen molar-refractivity contribution in [3.63, 3.8) is 0 Å². The zero-order valence-corrected chi connectivity index (χ0v) is 16.1. The van der Waals surface area contributed by atoms with Gasteiger partial charge >= 0.3 is 0 Å². The molecule has 4 aromatic carbocycles. The largest absolute Gasteiger partial charge is 0.256 e. The number of benzene rings is 4. The van der Waals surface area contributed by atoms with Crippen molar-refractivity contribution in [2.45, 2.75) is 13.8 Å². The Morgan fingerprint density at radius 3 is 2.18 bits per heavy atom. The lowest BCUT2D eigenvalue weighted by Gasteiger charge is -2.16. The highest BCUT2D eigenvalue weighted by atomic mass is 14.7. The number of fused-ring (bicyclic) bond motifs is 2. The van der Waals surface area contributed by atoms with Crippen LogP contribution < -0.4 is 0 Å². The van der Waals surface area contributed by atoms with Crippen molar-refractivity contribution in [1.82, 2.24) is 4.98 Å². The van der Waals surface area contributed by atoms with Gasteiger partial charge in [0, 0.05) is 17.1 Å². The van der Waals surface area contributed by atoms with Crippen molar-refractivity contribution < 1.29 is 0 Å². The molecule has 5 aromatic rings. The lowest BCUT2D eigenvalue weighted by atomic mass is 9.90. The van der Waals surface area contributed by atoms with Crippen molar-refractivity contribution in [2.24, 2.45) is 0 Å². The molecule has 1 heteroatoms. The molecule has 0 spiro atoms. The van der Waals surface area contributed by atoms with E-state index in [1.807, 2.05) is 6.20 Å². The van der Waals surface area contributed by atoms with Crippen LogP contribution in [-0.2, 0) is 0 Å². The predicted octanol–water partition coefficient (Wildman–Crippen LogP) is 7.34. The molecule has 1 heterocycles. The van der Waals surface area contributed by atoms with Crippen LogP contribution in [0.2, 0.25) is 0 Å². The first kappa shape index (κ1) is 16.7. The Balaban J connectivity index is 1.77. The van der Waals surface area contributed by atoms with E-state index < -0.39 is 0 Å². The highest BCUT2D eigenvalue weighted by Crippen LogP contribution is 2.37. The van der Waals surface area contributed by atoms with Crippen molar-refractivity contribution in [2.75, 3.05) is 0 Å². The highest BCUT2D eigenvalue weighted by molar-refractivity contribution is 6.01. The molecule has 0 aliphatic rings. The molecule has 0 amide bonds. The fraction of sp³-hybridized carbons (Fsp3) is 0.0741. The van der Waals surface area contributed by atoms with E-state index >= 15 is 0 Å². The fourth-order valence-corrected chi connectivity index (χ4v) is 4.28. The summed E-state index contributed by atoms with van der Waals surface area (Å²) in [5.74, 6) is 0. The summed E-state index contributed by atoms with van der Waals surface area (Å²) in [6, 6.07) is 30.2. The third-order valence-electron chi connectivity index (χ3n) is 5.61. The second-order valence-electron chi connectivity index (χ2n) is 7.38. The molecular formula is C27H21N. The van der Waals surface area contributed by atoms with Crippen LogP contribution in [-0.4, -0.2) is 4.98 Å².